The summed E-state index contributed by atoms with van der Waals surface area (Å²) in [5.41, 5.74) is 7.51. The lowest BCUT2D eigenvalue weighted by molar-refractivity contribution is 0.0614. The molecule has 0 aromatic heterocycles. The molecule has 0 atom stereocenters. The molecular weight excluding hydrogens is 246 g/mol. The van der Waals surface area contributed by atoms with E-state index in [1.807, 2.05) is 18.2 Å². The van der Waals surface area contributed by atoms with E-state index in [-0.39, 0.29) is 0 Å². The normalized spacial score (nSPS) is 10.4. The molecule has 1 aromatic carbocycles. The third kappa shape index (κ3) is 3.29. The van der Waals surface area contributed by atoms with Crippen LogP contribution in [0.4, 0.5) is 5.69 Å². The van der Waals surface area contributed by atoms with Gasteiger partial charge in [0.05, 0.1) is 19.8 Å². The first-order valence-electron chi connectivity index (χ1n) is 4.35. The molecule has 2 N–H and O–H groups in total. The van der Waals surface area contributed by atoms with Crippen LogP contribution in [0.2, 0.25) is 0 Å². The van der Waals surface area contributed by atoms with E-state index in [1.54, 1.807) is 7.11 Å². The Labute approximate surface area is 92.3 Å². The summed E-state index contributed by atoms with van der Waals surface area (Å²) < 4.78 is 11.2. The number of halogens is 1. The fourth-order valence-electron chi connectivity index (χ4n) is 1.04. The van der Waals surface area contributed by atoms with Crippen LogP contribution in [0, 0.1) is 0 Å². The molecular formula is C10H14BrNO2. The number of ether oxygens (including phenoxy) is 2. The maximum absolute atomic E-state index is 5.72. The molecule has 0 aliphatic heterocycles. The Kier molecular flexibility index (Phi) is 4.93. The van der Waals surface area contributed by atoms with E-state index in [9.17, 15) is 0 Å². The third-order valence-corrected chi connectivity index (χ3v) is 2.77. The number of nitrogen functional groups attached to an aromatic ring is 1. The van der Waals surface area contributed by atoms with Crippen molar-refractivity contribution in [3.05, 3.63) is 28.2 Å². The van der Waals surface area contributed by atoms with E-state index >= 15 is 0 Å². The van der Waals surface area contributed by atoms with Gasteiger partial charge in [0.15, 0.2) is 0 Å². The van der Waals surface area contributed by atoms with Crippen LogP contribution in [0.3, 0.4) is 0 Å². The first-order valence-corrected chi connectivity index (χ1v) is 5.14. The Morgan fingerprint density at radius 2 is 2.14 bits per heavy atom. The SMILES string of the molecule is COCCOCc1cccc(N)c1Br. The topological polar surface area (TPSA) is 44.5 Å². The molecule has 14 heavy (non-hydrogen) atoms. The van der Waals surface area contributed by atoms with Crippen molar-refractivity contribution < 1.29 is 9.47 Å². The van der Waals surface area contributed by atoms with E-state index < -0.39 is 0 Å². The molecule has 0 radical (unpaired) electrons. The molecule has 3 nitrogen and oxygen atoms in total. The molecule has 0 aliphatic carbocycles. The minimum absolute atomic E-state index is 0.551. The quantitative estimate of drug-likeness (QED) is 0.652. The summed E-state index contributed by atoms with van der Waals surface area (Å²) >= 11 is 3.41. The second-order valence-corrected chi connectivity index (χ2v) is 3.66. The number of rotatable bonds is 5. The van der Waals surface area contributed by atoms with Crippen molar-refractivity contribution in [2.45, 2.75) is 6.61 Å². The highest BCUT2D eigenvalue weighted by atomic mass is 79.9. The molecule has 0 fully saturated rings. The molecule has 0 amide bonds. The van der Waals surface area contributed by atoms with Crippen molar-refractivity contribution in [3.63, 3.8) is 0 Å². The Morgan fingerprint density at radius 1 is 1.36 bits per heavy atom. The van der Waals surface area contributed by atoms with Gasteiger partial charge in [0.1, 0.15) is 0 Å². The molecule has 1 rings (SSSR count). The second kappa shape index (κ2) is 6.01. The van der Waals surface area contributed by atoms with Crippen LogP contribution in [0.15, 0.2) is 22.7 Å². The Morgan fingerprint density at radius 3 is 2.86 bits per heavy atom. The largest absolute Gasteiger partial charge is 0.398 e. The highest BCUT2D eigenvalue weighted by molar-refractivity contribution is 9.10. The number of methoxy groups -OCH3 is 1. The van der Waals surface area contributed by atoms with Gasteiger partial charge in [0.2, 0.25) is 0 Å². The lowest BCUT2D eigenvalue weighted by atomic mass is 10.2. The summed E-state index contributed by atoms with van der Waals surface area (Å²) in [6.07, 6.45) is 0. The smallest absolute Gasteiger partial charge is 0.0729 e. The molecule has 0 saturated heterocycles. The zero-order chi connectivity index (χ0) is 10.4. The van der Waals surface area contributed by atoms with Gasteiger partial charge in [-0.1, -0.05) is 12.1 Å². The van der Waals surface area contributed by atoms with Gasteiger partial charge in [-0.25, -0.2) is 0 Å². The highest BCUT2D eigenvalue weighted by Gasteiger charge is 2.02. The molecule has 0 heterocycles. The van der Waals surface area contributed by atoms with Crippen molar-refractivity contribution in [2.75, 3.05) is 26.1 Å². The van der Waals surface area contributed by atoms with Crippen LogP contribution in [0.25, 0.3) is 0 Å². The zero-order valence-corrected chi connectivity index (χ0v) is 9.71. The van der Waals surface area contributed by atoms with E-state index in [4.69, 9.17) is 15.2 Å². The van der Waals surface area contributed by atoms with Gasteiger partial charge >= 0.3 is 0 Å². The first-order chi connectivity index (χ1) is 6.75. The van der Waals surface area contributed by atoms with Gasteiger partial charge in [-0.2, -0.15) is 0 Å². The second-order valence-electron chi connectivity index (χ2n) is 2.87. The van der Waals surface area contributed by atoms with Gasteiger partial charge in [0, 0.05) is 17.3 Å². The van der Waals surface area contributed by atoms with Crippen molar-refractivity contribution in [1.29, 1.82) is 0 Å². The minimum atomic E-state index is 0.551. The summed E-state index contributed by atoms with van der Waals surface area (Å²) in [7, 11) is 1.65. The summed E-state index contributed by atoms with van der Waals surface area (Å²) in [5, 5.41) is 0. The fraction of sp³-hybridized carbons (Fsp3) is 0.400. The van der Waals surface area contributed by atoms with Crippen LogP contribution in [0.1, 0.15) is 5.56 Å². The lowest BCUT2D eigenvalue weighted by Crippen LogP contribution is -2.02. The standard InChI is InChI=1S/C10H14BrNO2/c1-13-5-6-14-7-8-3-2-4-9(12)10(8)11/h2-4H,5-7,12H2,1H3. The summed E-state index contributed by atoms with van der Waals surface area (Å²) in [6, 6.07) is 5.74. The molecule has 0 unspecified atom stereocenters. The number of hydrogen-bond acceptors (Lipinski definition) is 3. The van der Waals surface area contributed by atoms with Gasteiger partial charge in [-0.3, -0.25) is 0 Å². The number of nitrogens with two attached hydrogens (primary N) is 1. The predicted octanol–water partition coefficient (Wildman–Crippen LogP) is 2.19. The molecule has 0 spiro atoms. The zero-order valence-electron chi connectivity index (χ0n) is 8.13. The van der Waals surface area contributed by atoms with Crippen molar-refractivity contribution >= 4 is 21.6 Å². The number of anilines is 1. The molecule has 0 bridgehead atoms. The van der Waals surface area contributed by atoms with Crippen LogP contribution in [-0.4, -0.2) is 20.3 Å². The molecule has 4 heteroatoms. The minimum Gasteiger partial charge on any atom is -0.398 e. The maximum atomic E-state index is 5.72. The molecule has 1 aromatic rings. The van der Waals surface area contributed by atoms with E-state index in [0.29, 0.717) is 19.8 Å². The molecule has 0 saturated carbocycles. The maximum Gasteiger partial charge on any atom is 0.0729 e. The van der Waals surface area contributed by atoms with Gasteiger partial charge < -0.3 is 15.2 Å². The highest BCUT2D eigenvalue weighted by Crippen LogP contribution is 2.24. The van der Waals surface area contributed by atoms with Crippen molar-refractivity contribution in [2.24, 2.45) is 0 Å². The number of benzene rings is 1. The predicted molar refractivity (Wildman–Crippen MR) is 60.1 cm³/mol. The number of hydrogen-bond donors (Lipinski definition) is 1. The monoisotopic (exact) mass is 259 g/mol. The van der Waals surface area contributed by atoms with Crippen LogP contribution in [0.5, 0.6) is 0 Å². The van der Waals surface area contributed by atoms with Crippen LogP contribution in [-0.2, 0) is 16.1 Å². The average Bonchev–Trinajstić information content (AvgIpc) is 2.19. The Balaban J connectivity index is 2.46. The molecule has 0 aliphatic rings. The summed E-state index contributed by atoms with van der Waals surface area (Å²) in [5.74, 6) is 0. The summed E-state index contributed by atoms with van der Waals surface area (Å²) in [6.45, 7) is 1.76. The van der Waals surface area contributed by atoms with Crippen molar-refractivity contribution in [1.82, 2.24) is 0 Å². The lowest BCUT2D eigenvalue weighted by Gasteiger charge is -2.07. The summed E-state index contributed by atoms with van der Waals surface area (Å²) in [4.78, 5) is 0. The van der Waals surface area contributed by atoms with E-state index in [0.717, 1.165) is 15.7 Å². The first kappa shape index (κ1) is 11.5. The van der Waals surface area contributed by atoms with Crippen molar-refractivity contribution in [3.8, 4) is 0 Å². The Bertz CT molecular complexity index is 291. The van der Waals surface area contributed by atoms with E-state index in [2.05, 4.69) is 15.9 Å². The van der Waals surface area contributed by atoms with Crippen LogP contribution >= 0.6 is 15.9 Å². The molecule has 78 valence electrons. The third-order valence-electron chi connectivity index (χ3n) is 1.80. The van der Waals surface area contributed by atoms with E-state index in [1.165, 1.54) is 0 Å². The Hall–Kier alpha value is -0.580. The van der Waals surface area contributed by atoms with Gasteiger partial charge in [-0.05, 0) is 27.6 Å². The average molecular weight is 260 g/mol. The van der Waals surface area contributed by atoms with Gasteiger partial charge in [-0.15, -0.1) is 0 Å². The van der Waals surface area contributed by atoms with Gasteiger partial charge in [0.25, 0.3) is 0 Å². The van der Waals surface area contributed by atoms with Crippen LogP contribution < -0.4 is 5.73 Å². The fourth-order valence-corrected chi connectivity index (χ4v) is 1.41.